The van der Waals surface area contributed by atoms with Gasteiger partial charge < -0.3 is 14.7 Å². The van der Waals surface area contributed by atoms with Crippen LogP contribution in [0.25, 0.3) is 10.6 Å². The van der Waals surface area contributed by atoms with Crippen LogP contribution in [0.1, 0.15) is 12.1 Å². The predicted molar refractivity (Wildman–Crippen MR) is 74.7 cm³/mol. The van der Waals surface area contributed by atoms with Gasteiger partial charge in [0.2, 0.25) is 0 Å². The lowest BCUT2D eigenvalue weighted by Crippen LogP contribution is -2.22. The van der Waals surface area contributed by atoms with E-state index in [1.54, 1.807) is 11.3 Å². The van der Waals surface area contributed by atoms with Gasteiger partial charge >= 0.3 is 0 Å². The van der Waals surface area contributed by atoms with Gasteiger partial charge in [0, 0.05) is 12.6 Å². The van der Waals surface area contributed by atoms with Gasteiger partial charge in [-0.15, -0.1) is 11.3 Å². The zero-order valence-corrected chi connectivity index (χ0v) is 11.7. The highest BCUT2D eigenvalue weighted by Gasteiger charge is 2.09. The van der Waals surface area contributed by atoms with Crippen LogP contribution in [0.15, 0.2) is 28.1 Å². The van der Waals surface area contributed by atoms with Gasteiger partial charge in [-0.05, 0) is 45.1 Å². The fourth-order valence-electron chi connectivity index (χ4n) is 1.80. The van der Waals surface area contributed by atoms with Gasteiger partial charge in [0.05, 0.1) is 10.6 Å². The Morgan fingerprint density at radius 3 is 3.11 bits per heavy atom. The molecule has 18 heavy (non-hydrogen) atoms. The average molecular weight is 265 g/mol. The molecule has 0 aliphatic rings. The molecule has 0 amide bonds. The number of thiophene rings is 1. The summed E-state index contributed by atoms with van der Waals surface area (Å²) in [6.07, 6.45) is 1.14. The molecule has 0 atom stereocenters. The summed E-state index contributed by atoms with van der Waals surface area (Å²) in [5.74, 6) is 0.864. The van der Waals surface area contributed by atoms with E-state index in [1.807, 2.05) is 30.6 Å². The van der Waals surface area contributed by atoms with Crippen molar-refractivity contribution in [1.29, 1.82) is 0 Å². The van der Waals surface area contributed by atoms with Gasteiger partial charge in [-0.1, -0.05) is 11.2 Å². The Bertz CT molecular complexity index is 453. The average Bonchev–Trinajstić information content (AvgIpc) is 2.98. The second kappa shape index (κ2) is 6.68. The van der Waals surface area contributed by atoms with Crippen LogP contribution in [-0.4, -0.2) is 37.2 Å². The van der Waals surface area contributed by atoms with Crippen LogP contribution < -0.4 is 5.32 Å². The van der Waals surface area contributed by atoms with E-state index in [0.29, 0.717) is 0 Å². The molecule has 0 spiro atoms. The molecule has 0 saturated heterocycles. The molecule has 0 unspecified atom stereocenters. The lowest BCUT2D eigenvalue weighted by Gasteiger charge is -2.14. The number of hydrogen-bond donors (Lipinski definition) is 1. The maximum Gasteiger partial charge on any atom is 0.177 e. The summed E-state index contributed by atoms with van der Waals surface area (Å²) in [6, 6.07) is 6.10. The summed E-state index contributed by atoms with van der Waals surface area (Å²) in [7, 11) is 4.08. The first-order valence-corrected chi connectivity index (χ1v) is 7.00. The Morgan fingerprint density at radius 2 is 2.39 bits per heavy atom. The Balaban J connectivity index is 1.87. The summed E-state index contributed by atoms with van der Waals surface area (Å²) in [5, 5.41) is 9.31. The number of rotatable bonds is 7. The quantitative estimate of drug-likeness (QED) is 0.781. The number of hydrogen-bond acceptors (Lipinski definition) is 5. The molecule has 2 aromatic rings. The molecule has 1 N–H and O–H groups in total. The molecule has 0 saturated carbocycles. The van der Waals surface area contributed by atoms with Gasteiger partial charge in [-0.25, -0.2) is 0 Å². The van der Waals surface area contributed by atoms with Gasteiger partial charge in [0.25, 0.3) is 0 Å². The fraction of sp³-hybridized carbons (Fsp3) is 0.462. The first-order chi connectivity index (χ1) is 8.79. The van der Waals surface area contributed by atoms with Crippen molar-refractivity contribution in [3.8, 4) is 10.6 Å². The SMILES string of the molecule is CNCCCN(C)Cc1cc(-c2cccs2)on1. The summed E-state index contributed by atoms with van der Waals surface area (Å²) in [4.78, 5) is 3.39. The summed E-state index contributed by atoms with van der Waals surface area (Å²) in [6.45, 7) is 2.93. The minimum absolute atomic E-state index is 0.832. The van der Waals surface area contributed by atoms with Crippen LogP contribution in [0.3, 0.4) is 0 Å². The molecule has 2 rings (SSSR count). The fourth-order valence-corrected chi connectivity index (χ4v) is 2.48. The normalized spacial score (nSPS) is 11.3. The first kappa shape index (κ1) is 13.3. The molecular weight excluding hydrogens is 246 g/mol. The van der Waals surface area contributed by atoms with E-state index in [-0.39, 0.29) is 0 Å². The van der Waals surface area contributed by atoms with Gasteiger partial charge in [-0.3, -0.25) is 0 Å². The maximum absolute atomic E-state index is 5.36. The van der Waals surface area contributed by atoms with Crippen molar-refractivity contribution >= 4 is 11.3 Å². The van der Waals surface area contributed by atoms with Crippen LogP contribution in [0.5, 0.6) is 0 Å². The number of nitrogens with zero attached hydrogens (tertiary/aromatic N) is 2. The third-order valence-corrected chi connectivity index (χ3v) is 3.61. The van der Waals surface area contributed by atoms with Crippen molar-refractivity contribution in [3.05, 3.63) is 29.3 Å². The number of nitrogens with one attached hydrogen (secondary N) is 1. The number of aromatic nitrogens is 1. The van der Waals surface area contributed by atoms with Gasteiger partial charge in [0.1, 0.15) is 0 Å². The van der Waals surface area contributed by atoms with Crippen LogP contribution in [-0.2, 0) is 6.54 Å². The first-order valence-electron chi connectivity index (χ1n) is 6.12. The highest BCUT2D eigenvalue weighted by molar-refractivity contribution is 7.13. The van der Waals surface area contributed by atoms with E-state index in [9.17, 15) is 0 Å². The Hall–Kier alpha value is -1.17. The van der Waals surface area contributed by atoms with Crippen molar-refractivity contribution < 1.29 is 4.52 Å². The molecule has 0 aromatic carbocycles. The molecule has 4 nitrogen and oxygen atoms in total. The van der Waals surface area contributed by atoms with E-state index in [1.165, 1.54) is 0 Å². The van der Waals surface area contributed by atoms with Gasteiger partial charge in [0.15, 0.2) is 5.76 Å². The van der Waals surface area contributed by atoms with E-state index in [4.69, 9.17) is 4.52 Å². The highest BCUT2D eigenvalue weighted by Crippen LogP contribution is 2.25. The molecule has 0 aliphatic heterocycles. The van der Waals surface area contributed by atoms with Crippen molar-refractivity contribution in [2.75, 3.05) is 27.2 Å². The zero-order chi connectivity index (χ0) is 12.8. The topological polar surface area (TPSA) is 41.3 Å². The van der Waals surface area contributed by atoms with Gasteiger partial charge in [-0.2, -0.15) is 0 Å². The minimum atomic E-state index is 0.832. The molecule has 2 aromatic heterocycles. The van der Waals surface area contributed by atoms with Crippen molar-refractivity contribution in [2.24, 2.45) is 0 Å². The van der Waals surface area contributed by atoms with E-state index < -0.39 is 0 Å². The summed E-state index contributed by atoms with van der Waals surface area (Å²) < 4.78 is 5.36. The third-order valence-electron chi connectivity index (χ3n) is 2.72. The van der Waals surface area contributed by atoms with E-state index >= 15 is 0 Å². The van der Waals surface area contributed by atoms with Crippen molar-refractivity contribution in [1.82, 2.24) is 15.4 Å². The summed E-state index contributed by atoms with van der Waals surface area (Å²) in [5.41, 5.74) is 0.991. The molecule has 0 bridgehead atoms. The zero-order valence-electron chi connectivity index (χ0n) is 10.8. The highest BCUT2D eigenvalue weighted by atomic mass is 32.1. The smallest absolute Gasteiger partial charge is 0.177 e. The molecule has 98 valence electrons. The second-order valence-corrected chi connectivity index (χ2v) is 5.30. The lowest BCUT2D eigenvalue weighted by atomic mass is 10.3. The predicted octanol–water partition coefficient (Wildman–Crippen LogP) is 2.44. The van der Waals surface area contributed by atoms with Crippen LogP contribution in [0.2, 0.25) is 0 Å². The largest absolute Gasteiger partial charge is 0.355 e. The molecular formula is C13H19N3OS. The molecule has 0 aliphatic carbocycles. The minimum Gasteiger partial charge on any atom is -0.355 e. The monoisotopic (exact) mass is 265 g/mol. The maximum atomic E-state index is 5.36. The van der Waals surface area contributed by atoms with Crippen LogP contribution in [0, 0.1) is 0 Å². The van der Waals surface area contributed by atoms with Crippen LogP contribution >= 0.6 is 11.3 Å². The molecule has 0 radical (unpaired) electrons. The molecule has 0 fully saturated rings. The second-order valence-electron chi connectivity index (χ2n) is 4.35. The van der Waals surface area contributed by atoms with Crippen molar-refractivity contribution in [2.45, 2.75) is 13.0 Å². The standard InChI is InChI=1S/C13H19N3OS/c1-14-6-4-7-16(2)10-11-9-12(17-15-11)13-5-3-8-18-13/h3,5,8-9,14H,4,6-7,10H2,1-2H3. The Kier molecular flexibility index (Phi) is 4.92. The molecule has 2 heterocycles. The van der Waals surface area contributed by atoms with E-state index in [0.717, 1.165) is 42.4 Å². The Morgan fingerprint density at radius 1 is 1.50 bits per heavy atom. The van der Waals surface area contributed by atoms with E-state index in [2.05, 4.69) is 22.4 Å². The van der Waals surface area contributed by atoms with Crippen LogP contribution in [0.4, 0.5) is 0 Å². The third kappa shape index (κ3) is 3.66. The molecule has 5 heteroatoms. The van der Waals surface area contributed by atoms with Crippen molar-refractivity contribution in [3.63, 3.8) is 0 Å². The summed E-state index contributed by atoms with van der Waals surface area (Å²) >= 11 is 1.67. The Labute approximate surface area is 112 Å². The lowest BCUT2D eigenvalue weighted by molar-refractivity contribution is 0.307.